The van der Waals surface area contributed by atoms with Crippen LogP contribution in [0.1, 0.15) is 143 Å². The van der Waals surface area contributed by atoms with Crippen LogP contribution in [0, 0.1) is 0 Å². The molecule has 1 heterocycles. The van der Waals surface area contributed by atoms with E-state index in [1.165, 1.54) is 77.0 Å². The number of methoxy groups -OCH3 is 1. The Hall–Kier alpha value is -3.08. The monoisotopic (exact) mass is 575 g/mol. The first kappa shape index (κ1) is 33.4. The number of fused-ring (bicyclic) bond motifs is 1. The van der Waals surface area contributed by atoms with Gasteiger partial charge in [0.25, 0.3) is 0 Å². The number of benzene rings is 2. The minimum atomic E-state index is -0.443. The maximum atomic E-state index is 13.6. The lowest BCUT2D eigenvalue weighted by Crippen LogP contribution is -2.17. The lowest BCUT2D eigenvalue weighted by molar-refractivity contribution is 0.0511. The van der Waals surface area contributed by atoms with Gasteiger partial charge in [-0.1, -0.05) is 127 Å². The van der Waals surface area contributed by atoms with Crippen LogP contribution in [0.4, 0.5) is 0 Å². The molecule has 0 fully saturated rings. The first-order valence-electron chi connectivity index (χ1n) is 16.5. The lowest BCUT2D eigenvalue weighted by atomic mass is 10.00. The fraction of sp³-hybridized carbons (Fsp3) is 0.568. The summed E-state index contributed by atoms with van der Waals surface area (Å²) in [6, 6.07) is 15.6. The number of aromatic nitrogens is 1. The normalized spacial score (nSPS) is 11.2. The number of rotatable bonds is 22. The average molecular weight is 576 g/mol. The van der Waals surface area contributed by atoms with Gasteiger partial charge in [0, 0.05) is 23.9 Å². The molecule has 1 aromatic heterocycles. The second kappa shape index (κ2) is 19.2. The van der Waals surface area contributed by atoms with E-state index in [9.17, 15) is 9.59 Å². The molecule has 0 aliphatic rings. The van der Waals surface area contributed by atoms with E-state index >= 15 is 0 Å². The van der Waals surface area contributed by atoms with Crippen molar-refractivity contribution in [2.24, 2.45) is 0 Å². The van der Waals surface area contributed by atoms with Crippen LogP contribution in [0.25, 0.3) is 10.9 Å². The zero-order chi connectivity index (χ0) is 30.0. The molecular weight excluding hydrogens is 522 g/mol. The molecule has 0 spiro atoms. The van der Waals surface area contributed by atoms with Gasteiger partial charge in [-0.05, 0) is 37.1 Å². The molecule has 5 heteroatoms. The molecule has 0 aliphatic carbocycles. The Morgan fingerprint density at radius 2 is 1.24 bits per heavy atom. The Labute approximate surface area is 254 Å². The summed E-state index contributed by atoms with van der Waals surface area (Å²) < 4.78 is 12.7. The number of nitrogens with zero attached hydrogens (tertiary/aromatic N) is 1. The third-order valence-corrected chi connectivity index (χ3v) is 8.23. The first-order valence-corrected chi connectivity index (χ1v) is 16.5. The van der Waals surface area contributed by atoms with E-state index in [1.54, 1.807) is 14.0 Å². The van der Waals surface area contributed by atoms with Crippen molar-refractivity contribution in [2.45, 2.75) is 123 Å². The highest BCUT2D eigenvalue weighted by molar-refractivity contribution is 6.15. The Morgan fingerprint density at radius 3 is 1.79 bits per heavy atom. The Kier molecular flexibility index (Phi) is 15.3. The Morgan fingerprint density at radius 1 is 0.690 bits per heavy atom. The third-order valence-electron chi connectivity index (χ3n) is 8.23. The highest BCUT2D eigenvalue weighted by Gasteiger charge is 2.27. The first-order chi connectivity index (χ1) is 20.6. The SMILES string of the molecule is CCCCCCCCCCCCCCCCCC(=O)c1c(C(=O)OCC)n(Cc2ccc(OC)cc2)c2ccccc12. The number of hydrogen-bond donors (Lipinski definition) is 0. The van der Waals surface area contributed by atoms with Gasteiger partial charge in [-0.2, -0.15) is 0 Å². The highest BCUT2D eigenvalue weighted by Crippen LogP contribution is 2.30. The fourth-order valence-electron chi connectivity index (χ4n) is 5.86. The predicted molar refractivity (Wildman–Crippen MR) is 174 cm³/mol. The summed E-state index contributed by atoms with van der Waals surface area (Å²) >= 11 is 0. The summed E-state index contributed by atoms with van der Waals surface area (Å²) in [6.07, 6.45) is 19.8. The molecule has 0 amide bonds. The van der Waals surface area contributed by atoms with E-state index < -0.39 is 5.97 Å². The molecule has 0 bridgehead atoms. The van der Waals surface area contributed by atoms with Crippen molar-refractivity contribution in [2.75, 3.05) is 13.7 Å². The van der Waals surface area contributed by atoms with E-state index in [-0.39, 0.29) is 12.4 Å². The van der Waals surface area contributed by atoms with Crippen LogP contribution in [0.5, 0.6) is 5.75 Å². The van der Waals surface area contributed by atoms with Gasteiger partial charge >= 0.3 is 5.97 Å². The molecule has 0 saturated carbocycles. The van der Waals surface area contributed by atoms with Crippen molar-refractivity contribution in [1.82, 2.24) is 4.57 Å². The van der Waals surface area contributed by atoms with Crippen LogP contribution < -0.4 is 4.74 Å². The molecule has 3 aromatic rings. The quantitative estimate of drug-likeness (QED) is 0.0679. The molecule has 0 radical (unpaired) electrons. The topological polar surface area (TPSA) is 57.5 Å². The van der Waals surface area contributed by atoms with Crippen molar-refractivity contribution in [3.05, 3.63) is 65.4 Å². The van der Waals surface area contributed by atoms with Crippen molar-refractivity contribution in [3.63, 3.8) is 0 Å². The highest BCUT2D eigenvalue weighted by atomic mass is 16.5. The maximum Gasteiger partial charge on any atom is 0.355 e. The number of unbranched alkanes of at least 4 members (excludes halogenated alkanes) is 14. The second-order valence-electron chi connectivity index (χ2n) is 11.5. The number of Topliss-reactive ketones (excluding diaryl/α,β-unsaturated/α-hetero) is 1. The molecule has 0 N–H and O–H groups in total. The standard InChI is InChI=1S/C37H53NO4/c1-4-6-7-8-9-10-11-12-13-14-15-16-17-18-19-24-34(39)35-32-22-20-21-23-33(32)38(36(35)37(40)42-5-2)29-30-25-27-31(41-3)28-26-30/h20-23,25-28H,4-19,24,29H2,1-3H3. The molecule has 3 rings (SSSR count). The summed E-state index contributed by atoms with van der Waals surface area (Å²) in [7, 11) is 1.64. The van der Waals surface area contributed by atoms with E-state index in [0.717, 1.165) is 41.5 Å². The third kappa shape index (κ3) is 10.3. The predicted octanol–water partition coefficient (Wildman–Crippen LogP) is 10.3. The molecule has 2 aromatic carbocycles. The van der Waals surface area contributed by atoms with Crippen LogP contribution in [-0.2, 0) is 11.3 Å². The summed E-state index contributed by atoms with van der Waals surface area (Å²) in [4.78, 5) is 26.9. The van der Waals surface area contributed by atoms with Crippen LogP contribution in [0.15, 0.2) is 48.5 Å². The van der Waals surface area contributed by atoms with Crippen LogP contribution >= 0.6 is 0 Å². The van der Waals surface area contributed by atoms with Gasteiger partial charge in [0.2, 0.25) is 0 Å². The minimum Gasteiger partial charge on any atom is -0.497 e. The number of para-hydroxylation sites is 1. The van der Waals surface area contributed by atoms with E-state index in [2.05, 4.69) is 6.92 Å². The summed E-state index contributed by atoms with van der Waals surface area (Å²) in [5.74, 6) is 0.362. The maximum absolute atomic E-state index is 13.6. The molecule has 42 heavy (non-hydrogen) atoms. The van der Waals surface area contributed by atoms with Crippen molar-refractivity contribution in [3.8, 4) is 5.75 Å². The van der Waals surface area contributed by atoms with E-state index in [1.807, 2.05) is 53.1 Å². The lowest BCUT2D eigenvalue weighted by Gasteiger charge is -2.12. The summed E-state index contributed by atoms with van der Waals surface area (Å²) in [5.41, 5.74) is 2.75. The molecule has 0 aliphatic heterocycles. The Balaban J connectivity index is 1.52. The molecule has 0 saturated heterocycles. The summed E-state index contributed by atoms with van der Waals surface area (Å²) in [5, 5.41) is 0.819. The van der Waals surface area contributed by atoms with Gasteiger partial charge in [0.1, 0.15) is 11.4 Å². The van der Waals surface area contributed by atoms with Crippen LogP contribution in [0.2, 0.25) is 0 Å². The number of esters is 1. The molecule has 0 atom stereocenters. The van der Waals surface area contributed by atoms with Gasteiger partial charge in [0.05, 0.1) is 19.3 Å². The van der Waals surface area contributed by atoms with Gasteiger partial charge < -0.3 is 14.0 Å². The molecule has 5 nitrogen and oxygen atoms in total. The smallest absolute Gasteiger partial charge is 0.355 e. The number of ether oxygens (including phenoxy) is 2. The molecule has 0 unspecified atom stereocenters. The van der Waals surface area contributed by atoms with Gasteiger partial charge in [-0.15, -0.1) is 0 Å². The summed E-state index contributed by atoms with van der Waals surface area (Å²) in [6.45, 7) is 4.79. The molecular formula is C37H53NO4. The number of hydrogen-bond acceptors (Lipinski definition) is 4. The van der Waals surface area contributed by atoms with Crippen LogP contribution in [0.3, 0.4) is 0 Å². The second-order valence-corrected chi connectivity index (χ2v) is 11.5. The largest absolute Gasteiger partial charge is 0.497 e. The zero-order valence-corrected chi connectivity index (χ0v) is 26.4. The van der Waals surface area contributed by atoms with Crippen molar-refractivity contribution in [1.29, 1.82) is 0 Å². The van der Waals surface area contributed by atoms with Gasteiger partial charge in [-0.25, -0.2) is 4.79 Å². The Bertz CT molecular complexity index is 1210. The average Bonchev–Trinajstić information content (AvgIpc) is 3.33. The van der Waals surface area contributed by atoms with Crippen molar-refractivity contribution < 1.29 is 19.1 Å². The number of carbonyl (C=O) groups excluding carboxylic acids is 2. The van der Waals surface area contributed by atoms with Gasteiger partial charge in [0.15, 0.2) is 5.78 Å². The zero-order valence-electron chi connectivity index (χ0n) is 26.4. The van der Waals surface area contributed by atoms with Crippen molar-refractivity contribution >= 4 is 22.7 Å². The van der Waals surface area contributed by atoms with E-state index in [0.29, 0.717) is 24.2 Å². The fourth-order valence-corrected chi connectivity index (χ4v) is 5.86. The minimum absolute atomic E-state index is 0.0254. The number of carbonyl (C=O) groups is 2. The van der Waals surface area contributed by atoms with Crippen LogP contribution in [-0.4, -0.2) is 30.0 Å². The number of ketones is 1. The van der Waals surface area contributed by atoms with Gasteiger partial charge in [-0.3, -0.25) is 4.79 Å². The molecule has 230 valence electrons. The van der Waals surface area contributed by atoms with E-state index in [4.69, 9.17) is 9.47 Å².